The highest BCUT2D eigenvalue weighted by Crippen LogP contribution is 2.24. The van der Waals surface area contributed by atoms with E-state index >= 15 is 0 Å². The molecule has 2 aromatic rings. The molecular formula is C20H29N3O. The molecule has 0 N–H and O–H groups in total. The van der Waals surface area contributed by atoms with Crippen LogP contribution in [0.1, 0.15) is 22.3 Å². The van der Waals surface area contributed by atoms with E-state index in [2.05, 4.69) is 60.9 Å². The molecule has 24 heavy (non-hydrogen) atoms. The number of aryl methyl sites for hydroxylation is 2. The lowest BCUT2D eigenvalue weighted by molar-refractivity contribution is 0.225. The monoisotopic (exact) mass is 327 g/mol. The number of hydrogen-bond donors (Lipinski definition) is 0. The van der Waals surface area contributed by atoms with Gasteiger partial charge in [0, 0.05) is 38.6 Å². The lowest BCUT2D eigenvalue weighted by Gasteiger charge is -2.25. The zero-order valence-corrected chi connectivity index (χ0v) is 15.5. The Bertz CT molecular complexity index is 641. The number of nitrogens with zero attached hydrogens (tertiary/aromatic N) is 3. The second-order valence-corrected chi connectivity index (χ2v) is 6.62. The standard InChI is InChI=1S/C20H29N3O/c1-16-12-20(24-5)17(2)11-19(16)15-23(10-9-22(3)4)14-18-7-6-8-21-13-18/h6-8,11-13H,9-10,14-15H2,1-5H3. The average molecular weight is 327 g/mol. The molecule has 1 aromatic heterocycles. The van der Waals surface area contributed by atoms with Gasteiger partial charge in [-0.1, -0.05) is 12.1 Å². The summed E-state index contributed by atoms with van der Waals surface area (Å²) in [6, 6.07) is 8.53. The summed E-state index contributed by atoms with van der Waals surface area (Å²) >= 11 is 0. The van der Waals surface area contributed by atoms with Crippen LogP contribution >= 0.6 is 0 Å². The van der Waals surface area contributed by atoms with Gasteiger partial charge in [-0.3, -0.25) is 9.88 Å². The van der Waals surface area contributed by atoms with E-state index in [-0.39, 0.29) is 0 Å². The van der Waals surface area contributed by atoms with Gasteiger partial charge < -0.3 is 9.64 Å². The van der Waals surface area contributed by atoms with Crippen molar-refractivity contribution in [3.8, 4) is 5.75 Å². The van der Waals surface area contributed by atoms with Crippen LogP contribution in [-0.2, 0) is 13.1 Å². The third-order valence-corrected chi connectivity index (χ3v) is 4.24. The third-order valence-electron chi connectivity index (χ3n) is 4.24. The number of benzene rings is 1. The first-order valence-electron chi connectivity index (χ1n) is 8.39. The Labute approximate surface area is 146 Å². The predicted octanol–water partition coefficient (Wildman–Crippen LogP) is 3.27. The first-order chi connectivity index (χ1) is 11.5. The van der Waals surface area contributed by atoms with Crippen molar-refractivity contribution in [3.63, 3.8) is 0 Å². The van der Waals surface area contributed by atoms with Crippen LogP contribution in [-0.4, -0.2) is 49.1 Å². The number of rotatable bonds is 8. The van der Waals surface area contributed by atoms with Gasteiger partial charge in [-0.15, -0.1) is 0 Å². The maximum Gasteiger partial charge on any atom is 0.122 e. The molecule has 0 radical (unpaired) electrons. The highest BCUT2D eigenvalue weighted by atomic mass is 16.5. The molecule has 0 saturated heterocycles. The molecular weight excluding hydrogens is 298 g/mol. The van der Waals surface area contributed by atoms with Gasteiger partial charge in [-0.25, -0.2) is 0 Å². The molecule has 0 bridgehead atoms. The van der Waals surface area contributed by atoms with Gasteiger partial charge in [-0.2, -0.15) is 0 Å². The van der Waals surface area contributed by atoms with Crippen molar-refractivity contribution in [3.05, 3.63) is 58.9 Å². The fraction of sp³-hybridized carbons (Fsp3) is 0.450. The molecule has 0 aliphatic rings. The normalized spacial score (nSPS) is 11.3. The highest BCUT2D eigenvalue weighted by molar-refractivity contribution is 5.41. The molecule has 0 fully saturated rings. The molecule has 0 aliphatic carbocycles. The van der Waals surface area contributed by atoms with Gasteiger partial charge in [0.2, 0.25) is 0 Å². The van der Waals surface area contributed by atoms with Crippen molar-refractivity contribution in [2.75, 3.05) is 34.3 Å². The Hall–Kier alpha value is -1.91. The first kappa shape index (κ1) is 18.4. The Morgan fingerprint density at radius 3 is 2.46 bits per heavy atom. The Balaban J connectivity index is 2.16. The van der Waals surface area contributed by atoms with E-state index in [1.807, 2.05) is 18.5 Å². The molecule has 1 heterocycles. The summed E-state index contributed by atoms with van der Waals surface area (Å²) in [6.07, 6.45) is 3.78. The van der Waals surface area contributed by atoms with E-state index in [9.17, 15) is 0 Å². The van der Waals surface area contributed by atoms with Crippen molar-refractivity contribution in [2.45, 2.75) is 26.9 Å². The fourth-order valence-corrected chi connectivity index (χ4v) is 2.79. The zero-order chi connectivity index (χ0) is 17.5. The maximum absolute atomic E-state index is 5.43. The molecule has 0 spiro atoms. The maximum atomic E-state index is 5.43. The fourth-order valence-electron chi connectivity index (χ4n) is 2.79. The SMILES string of the molecule is COc1cc(C)c(CN(CCN(C)C)Cc2cccnc2)cc1C. The van der Waals surface area contributed by atoms with Gasteiger partial charge in [0.15, 0.2) is 0 Å². The molecule has 0 amide bonds. The van der Waals surface area contributed by atoms with Crippen LogP contribution in [0, 0.1) is 13.8 Å². The van der Waals surface area contributed by atoms with E-state index < -0.39 is 0 Å². The summed E-state index contributed by atoms with van der Waals surface area (Å²) in [5.41, 5.74) is 5.07. The molecule has 0 saturated carbocycles. The summed E-state index contributed by atoms with van der Waals surface area (Å²) in [5.74, 6) is 0.961. The van der Waals surface area contributed by atoms with Gasteiger partial charge in [0.25, 0.3) is 0 Å². The van der Waals surface area contributed by atoms with Crippen LogP contribution in [0.2, 0.25) is 0 Å². The Morgan fingerprint density at radius 1 is 1.04 bits per heavy atom. The smallest absolute Gasteiger partial charge is 0.122 e. The summed E-state index contributed by atoms with van der Waals surface area (Å²) < 4.78 is 5.43. The number of ether oxygens (including phenoxy) is 1. The number of likely N-dealkylation sites (N-methyl/N-ethyl adjacent to an activating group) is 1. The third kappa shape index (κ3) is 5.32. The minimum absolute atomic E-state index is 0.909. The number of aromatic nitrogens is 1. The lowest BCUT2D eigenvalue weighted by atomic mass is 10.0. The van der Waals surface area contributed by atoms with Crippen molar-refractivity contribution in [2.24, 2.45) is 0 Å². The summed E-state index contributed by atoms with van der Waals surface area (Å²) in [6.45, 7) is 8.16. The number of hydrogen-bond acceptors (Lipinski definition) is 4. The first-order valence-corrected chi connectivity index (χ1v) is 8.39. The highest BCUT2D eigenvalue weighted by Gasteiger charge is 2.11. The van der Waals surface area contributed by atoms with E-state index in [1.165, 1.54) is 22.3 Å². The van der Waals surface area contributed by atoms with E-state index in [0.717, 1.165) is 31.9 Å². The van der Waals surface area contributed by atoms with Gasteiger partial charge >= 0.3 is 0 Å². The minimum Gasteiger partial charge on any atom is -0.496 e. The molecule has 0 aliphatic heterocycles. The van der Waals surface area contributed by atoms with Gasteiger partial charge in [-0.05, 0) is 62.3 Å². The number of methoxy groups -OCH3 is 1. The quantitative estimate of drug-likeness (QED) is 0.744. The summed E-state index contributed by atoms with van der Waals surface area (Å²) in [7, 11) is 5.96. The lowest BCUT2D eigenvalue weighted by Crippen LogP contribution is -2.31. The summed E-state index contributed by atoms with van der Waals surface area (Å²) in [4.78, 5) is 8.94. The largest absolute Gasteiger partial charge is 0.496 e. The Kier molecular flexibility index (Phi) is 6.76. The van der Waals surface area contributed by atoms with Crippen molar-refractivity contribution < 1.29 is 4.74 Å². The van der Waals surface area contributed by atoms with Crippen molar-refractivity contribution >= 4 is 0 Å². The van der Waals surface area contributed by atoms with E-state index in [0.29, 0.717) is 0 Å². The topological polar surface area (TPSA) is 28.6 Å². The zero-order valence-electron chi connectivity index (χ0n) is 15.5. The second kappa shape index (κ2) is 8.81. The molecule has 0 unspecified atom stereocenters. The molecule has 0 atom stereocenters. The molecule has 2 rings (SSSR count). The molecule has 130 valence electrons. The van der Waals surface area contributed by atoms with Gasteiger partial charge in [0.1, 0.15) is 5.75 Å². The van der Waals surface area contributed by atoms with Crippen LogP contribution < -0.4 is 4.74 Å². The molecule has 4 nitrogen and oxygen atoms in total. The predicted molar refractivity (Wildman–Crippen MR) is 99.4 cm³/mol. The van der Waals surface area contributed by atoms with E-state index in [4.69, 9.17) is 4.74 Å². The second-order valence-electron chi connectivity index (χ2n) is 6.62. The van der Waals surface area contributed by atoms with Crippen LogP contribution in [0.15, 0.2) is 36.7 Å². The average Bonchev–Trinajstić information content (AvgIpc) is 2.56. The van der Waals surface area contributed by atoms with E-state index in [1.54, 1.807) is 7.11 Å². The molecule has 4 heteroatoms. The van der Waals surface area contributed by atoms with Crippen LogP contribution in [0.5, 0.6) is 5.75 Å². The van der Waals surface area contributed by atoms with Crippen molar-refractivity contribution in [1.82, 2.24) is 14.8 Å². The van der Waals surface area contributed by atoms with Crippen LogP contribution in [0.4, 0.5) is 0 Å². The van der Waals surface area contributed by atoms with Crippen LogP contribution in [0.3, 0.4) is 0 Å². The van der Waals surface area contributed by atoms with Gasteiger partial charge in [0.05, 0.1) is 7.11 Å². The number of pyridine rings is 1. The minimum atomic E-state index is 0.909. The van der Waals surface area contributed by atoms with Crippen LogP contribution in [0.25, 0.3) is 0 Å². The van der Waals surface area contributed by atoms with Crippen molar-refractivity contribution in [1.29, 1.82) is 0 Å². The Morgan fingerprint density at radius 2 is 1.83 bits per heavy atom. The summed E-state index contributed by atoms with van der Waals surface area (Å²) in [5, 5.41) is 0. The molecule has 1 aromatic carbocycles.